The summed E-state index contributed by atoms with van der Waals surface area (Å²) in [6.45, 7) is 6.33. The highest BCUT2D eigenvalue weighted by Crippen LogP contribution is 2.22. The molecular formula is C8H16ClNO. The molecule has 0 aromatic carbocycles. The highest BCUT2D eigenvalue weighted by atomic mass is 35.5. The molecule has 11 heavy (non-hydrogen) atoms. The van der Waals surface area contributed by atoms with Crippen LogP contribution in [0.1, 0.15) is 33.6 Å². The molecule has 0 rings (SSSR count). The second-order valence-electron chi connectivity index (χ2n) is 3.97. The third-order valence-corrected chi connectivity index (χ3v) is 1.89. The minimum Gasteiger partial charge on any atom is -0.368 e. The first-order chi connectivity index (χ1) is 4.83. The largest absolute Gasteiger partial charge is 0.368 e. The van der Waals surface area contributed by atoms with E-state index in [2.05, 4.69) is 20.8 Å². The highest BCUT2D eigenvalue weighted by molar-refractivity contribution is 6.30. The number of rotatable bonds is 3. The van der Waals surface area contributed by atoms with Gasteiger partial charge in [-0.3, -0.25) is 4.79 Å². The van der Waals surface area contributed by atoms with Crippen molar-refractivity contribution in [1.82, 2.24) is 0 Å². The average Bonchev–Trinajstić information content (AvgIpc) is 1.80. The zero-order valence-corrected chi connectivity index (χ0v) is 8.11. The Morgan fingerprint density at radius 2 is 2.00 bits per heavy atom. The quantitative estimate of drug-likeness (QED) is 0.658. The molecule has 0 saturated heterocycles. The van der Waals surface area contributed by atoms with Gasteiger partial charge in [-0.2, -0.15) is 0 Å². The zero-order chi connectivity index (χ0) is 9.07. The van der Waals surface area contributed by atoms with E-state index < -0.39 is 11.3 Å². The van der Waals surface area contributed by atoms with E-state index >= 15 is 0 Å². The molecule has 0 bridgehead atoms. The molecule has 3 heteroatoms. The van der Waals surface area contributed by atoms with Crippen LogP contribution in [0, 0.1) is 5.41 Å². The fourth-order valence-corrected chi connectivity index (χ4v) is 0.811. The minimum atomic E-state index is -0.505. The summed E-state index contributed by atoms with van der Waals surface area (Å²) in [5.74, 6) is -0.420. The van der Waals surface area contributed by atoms with Crippen molar-refractivity contribution in [3.63, 3.8) is 0 Å². The lowest BCUT2D eigenvalue weighted by Gasteiger charge is -2.18. The summed E-state index contributed by atoms with van der Waals surface area (Å²) in [6.07, 6.45) is 1.59. The molecule has 1 atom stereocenters. The smallest absolute Gasteiger partial charge is 0.235 e. The number of carbonyl (C=O) groups is 1. The molecule has 1 amide bonds. The predicted octanol–water partition coefficient (Wildman–Crippen LogP) is 1.91. The molecule has 0 aliphatic rings. The van der Waals surface area contributed by atoms with E-state index in [1.165, 1.54) is 0 Å². The van der Waals surface area contributed by atoms with E-state index in [1.807, 2.05) is 0 Å². The fourth-order valence-electron chi connectivity index (χ4n) is 0.702. The third-order valence-electron chi connectivity index (χ3n) is 1.46. The van der Waals surface area contributed by atoms with Crippen LogP contribution < -0.4 is 5.73 Å². The summed E-state index contributed by atoms with van der Waals surface area (Å²) in [6, 6.07) is 0. The normalized spacial score (nSPS) is 14.5. The Hall–Kier alpha value is -0.240. The van der Waals surface area contributed by atoms with E-state index in [-0.39, 0.29) is 5.41 Å². The molecule has 2 nitrogen and oxygen atoms in total. The Morgan fingerprint density at radius 3 is 2.27 bits per heavy atom. The van der Waals surface area contributed by atoms with Crippen LogP contribution in [0.3, 0.4) is 0 Å². The Balaban J connectivity index is 3.63. The molecule has 0 radical (unpaired) electrons. The van der Waals surface area contributed by atoms with Gasteiger partial charge in [0.15, 0.2) is 0 Å². The molecule has 0 aromatic rings. The van der Waals surface area contributed by atoms with Gasteiger partial charge in [0.1, 0.15) is 5.38 Å². The number of hydrogen-bond acceptors (Lipinski definition) is 1. The van der Waals surface area contributed by atoms with Gasteiger partial charge in [-0.25, -0.2) is 0 Å². The zero-order valence-electron chi connectivity index (χ0n) is 7.36. The van der Waals surface area contributed by atoms with Gasteiger partial charge in [-0.15, -0.1) is 11.6 Å². The van der Waals surface area contributed by atoms with Crippen LogP contribution in [0.15, 0.2) is 0 Å². The van der Waals surface area contributed by atoms with Gasteiger partial charge in [-0.1, -0.05) is 20.8 Å². The summed E-state index contributed by atoms with van der Waals surface area (Å²) in [7, 11) is 0. The van der Waals surface area contributed by atoms with Crippen molar-refractivity contribution in [3.05, 3.63) is 0 Å². The molecule has 0 fully saturated rings. The SMILES string of the molecule is CC(C)(C)CCC(Cl)C(N)=O. The van der Waals surface area contributed by atoms with Crippen molar-refractivity contribution in [2.24, 2.45) is 11.1 Å². The molecule has 1 unspecified atom stereocenters. The van der Waals surface area contributed by atoms with Crippen molar-refractivity contribution in [3.8, 4) is 0 Å². The van der Waals surface area contributed by atoms with E-state index in [4.69, 9.17) is 17.3 Å². The summed E-state index contributed by atoms with van der Waals surface area (Å²) in [5.41, 5.74) is 5.22. The van der Waals surface area contributed by atoms with E-state index in [9.17, 15) is 4.79 Å². The van der Waals surface area contributed by atoms with Gasteiger partial charge in [0.2, 0.25) is 5.91 Å². The Morgan fingerprint density at radius 1 is 1.55 bits per heavy atom. The maximum atomic E-state index is 10.5. The van der Waals surface area contributed by atoms with Crippen LogP contribution in [0.5, 0.6) is 0 Å². The van der Waals surface area contributed by atoms with Crippen LogP contribution in [-0.2, 0) is 4.79 Å². The van der Waals surface area contributed by atoms with E-state index in [1.54, 1.807) is 0 Å². The number of primary amides is 1. The van der Waals surface area contributed by atoms with Crippen molar-refractivity contribution < 1.29 is 4.79 Å². The number of alkyl halides is 1. The van der Waals surface area contributed by atoms with Crippen LogP contribution in [0.2, 0.25) is 0 Å². The molecular weight excluding hydrogens is 162 g/mol. The molecule has 0 saturated carbocycles. The van der Waals surface area contributed by atoms with Crippen LogP contribution in [0.25, 0.3) is 0 Å². The van der Waals surface area contributed by atoms with Crippen LogP contribution in [-0.4, -0.2) is 11.3 Å². The van der Waals surface area contributed by atoms with Gasteiger partial charge in [0.25, 0.3) is 0 Å². The monoisotopic (exact) mass is 177 g/mol. The first-order valence-corrected chi connectivity index (χ1v) is 4.20. The van der Waals surface area contributed by atoms with E-state index in [0.717, 1.165) is 6.42 Å². The Labute approximate surface area is 73.1 Å². The molecule has 0 aliphatic carbocycles. The molecule has 66 valence electrons. The first kappa shape index (κ1) is 10.8. The van der Waals surface area contributed by atoms with Crippen LogP contribution >= 0.6 is 11.6 Å². The number of amides is 1. The van der Waals surface area contributed by atoms with Gasteiger partial charge in [-0.05, 0) is 18.3 Å². The summed E-state index contributed by atoms with van der Waals surface area (Å²) in [4.78, 5) is 10.5. The predicted molar refractivity (Wildman–Crippen MR) is 47.5 cm³/mol. The first-order valence-electron chi connectivity index (χ1n) is 3.76. The third kappa shape index (κ3) is 6.17. The van der Waals surface area contributed by atoms with Crippen molar-refractivity contribution in [2.75, 3.05) is 0 Å². The average molecular weight is 178 g/mol. The lowest BCUT2D eigenvalue weighted by Crippen LogP contribution is -2.24. The molecule has 0 spiro atoms. The fraction of sp³-hybridized carbons (Fsp3) is 0.875. The lowest BCUT2D eigenvalue weighted by atomic mass is 9.90. The van der Waals surface area contributed by atoms with Crippen LogP contribution in [0.4, 0.5) is 0 Å². The summed E-state index contributed by atoms with van der Waals surface area (Å²) >= 11 is 5.65. The number of halogens is 1. The maximum Gasteiger partial charge on any atom is 0.235 e. The highest BCUT2D eigenvalue weighted by Gasteiger charge is 2.16. The Bertz CT molecular complexity index is 140. The number of carbonyl (C=O) groups excluding carboxylic acids is 1. The lowest BCUT2D eigenvalue weighted by molar-refractivity contribution is -0.117. The summed E-state index contributed by atoms with van der Waals surface area (Å²) < 4.78 is 0. The molecule has 0 heterocycles. The Kier molecular flexibility index (Phi) is 3.87. The molecule has 2 N–H and O–H groups in total. The summed E-state index contributed by atoms with van der Waals surface area (Å²) in [5, 5.41) is -0.505. The minimum absolute atomic E-state index is 0.225. The van der Waals surface area contributed by atoms with Crippen molar-refractivity contribution >= 4 is 17.5 Å². The second-order valence-corrected chi connectivity index (χ2v) is 4.50. The maximum absolute atomic E-state index is 10.5. The molecule has 0 aromatic heterocycles. The van der Waals surface area contributed by atoms with Gasteiger partial charge < -0.3 is 5.73 Å². The molecule has 0 aliphatic heterocycles. The second kappa shape index (κ2) is 3.96. The van der Waals surface area contributed by atoms with Crippen molar-refractivity contribution in [1.29, 1.82) is 0 Å². The van der Waals surface area contributed by atoms with E-state index in [0.29, 0.717) is 6.42 Å². The van der Waals surface area contributed by atoms with Crippen molar-refractivity contribution in [2.45, 2.75) is 39.0 Å². The van der Waals surface area contributed by atoms with Gasteiger partial charge >= 0.3 is 0 Å². The standard InChI is InChI=1S/C8H16ClNO/c1-8(2,3)5-4-6(9)7(10)11/h6H,4-5H2,1-3H3,(H2,10,11). The van der Waals surface area contributed by atoms with Gasteiger partial charge in [0, 0.05) is 0 Å². The van der Waals surface area contributed by atoms with Gasteiger partial charge in [0.05, 0.1) is 0 Å². The topological polar surface area (TPSA) is 43.1 Å². The number of hydrogen-bond donors (Lipinski definition) is 1. The number of nitrogens with two attached hydrogens (primary N) is 1.